The van der Waals surface area contributed by atoms with Crippen molar-refractivity contribution < 1.29 is 9.31 Å². The monoisotopic (exact) mass is 176 g/mol. The molecule has 0 bridgehead atoms. The minimum atomic E-state index is -0.175. The molecule has 68 valence electrons. The van der Waals surface area contributed by atoms with Crippen LogP contribution >= 0.6 is 0 Å². The third-order valence-corrected chi connectivity index (χ3v) is 2.41. The molecule has 0 N–H and O–H groups in total. The fourth-order valence-electron chi connectivity index (χ4n) is 1.41. The van der Waals surface area contributed by atoms with Gasteiger partial charge in [-0.1, -0.05) is 30.3 Å². The molecule has 0 aromatic heterocycles. The van der Waals surface area contributed by atoms with E-state index in [0.717, 1.165) is 5.46 Å². The van der Waals surface area contributed by atoms with Gasteiger partial charge in [-0.05, 0) is 19.3 Å². The summed E-state index contributed by atoms with van der Waals surface area (Å²) in [6.07, 6.45) is 0.371. The van der Waals surface area contributed by atoms with E-state index in [-0.39, 0.29) is 19.3 Å². The summed E-state index contributed by atoms with van der Waals surface area (Å²) in [5, 5.41) is 0. The zero-order valence-electron chi connectivity index (χ0n) is 7.94. The van der Waals surface area contributed by atoms with E-state index in [1.165, 1.54) is 0 Å². The van der Waals surface area contributed by atoms with Crippen LogP contribution in [0.25, 0.3) is 0 Å². The van der Waals surface area contributed by atoms with Crippen LogP contribution in [0.1, 0.15) is 13.8 Å². The van der Waals surface area contributed by atoms with Crippen LogP contribution in [-0.4, -0.2) is 19.3 Å². The molecule has 2 atom stereocenters. The third-order valence-electron chi connectivity index (χ3n) is 2.41. The first kappa shape index (κ1) is 8.79. The summed E-state index contributed by atoms with van der Waals surface area (Å²) >= 11 is 0. The van der Waals surface area contributed by atoms with Gasteiger partial charge < -0.3 is 9.31 Å². The van der Waals surface area contributed by atoms with E-state index in [1.807, 2.05) is 44.2 Å². The van der Waals surface area contributed by atoms with E-state index in [4.69, 9.17) is 9.31 Å². The highest BCUT2D eigenvalue weighted by Crippen LogP contribution is 2.15. The summed E-state index contributed by atoms with van der Waals surface area (Å²) in [5.41, 5.74) is 1.10. The van der Waals surface area contributed by atoms with E-state index >= 15 is 0 Å². The first-order valence-electron chi connectivity index (χ1n) is 4.63. The highest BCUT2D eigenvalue weighted by molar-refractivity contribution is 6.61. The van der Waals surface area contributed by atoms with Gasteiger partial charge in [0, 0.05) is 0 Å². The molecule has 0 saturated carbocycles. The van der Waals surface area contributed by atoms with Crippen LogP contribution in [0.3, 0.4) is 0 Å². The smallest absolute Gasteiger partial charge is 0.402 e. The second-order valence-electron chi connectivity index (χ2n) is 3.43. The highest BCUT2D eigenvalue weighted by atomic mass is 16.7. The lowest BCUT2D eigenvalue weighted by atomic mass is 9.79. The molecule has 1 fully saturated rings. The lowest BCUT2D eigenvalue weighted by Crippen LogP contribution is -2.32. The molecule has 1 saturated heterocycles. The number of hydrogen-bond donors (Lipinski definition) is 0. The molecular weight excluding hydrogens is 163 g/mol. The molecule has 2 rings (SSSR count). The average Bonchev–Trinajstić information content (AvgIpc) is 2.49. The van der Waals surface area contributed by atoms with Crippen LogP contribution in [0.15, 0.2) is 30.3 Å². The highest BCUT2D eigenvalue weighted by Gasteiger charge is 2.35. The Kier molecular flexibility index (Phi) is 2.38. The maximum Gasteiger partial charge on any atom is 0.494 e. The third kappa shape index (κ3) is 1.76. The van der Waals surface area contributed by atoms with Gasteiger partial charge in [-0.2, -0.15) is 0 Å². The fraction of sp³-hybridized carbons (Fsp3) is 0.400. The lowest BCUT2D eigenvalue weighted by Gasteiger charge is -2.04. The van der Waals surface area contributed by atoms with Crippen LogP contribution in [0.4, 0.5) is 0 Å². The Balaban J connectivity index is 2.12. The van der Waals surface area contributed by atoms with Crippen molar-refractivity contribution in [1.29, 1.82) is 0 Å². The van der Waals surface area contributed by atoms with Gasteiger partial charge in [0.2, 0.25) is 0 Å². The summed E-state index contributed by atoms with van der Waals surface area (Å²) in [6, 6.07) is 10.0. The van der Waals surface area contributed by atoms with E-state index < -0.39 is 0 Å². The zero-order chi connectivity index (χ0) is 9.26. The molecule has 2 unspecified atom stereocenters. The predicted octanol–water partition coefficient (Wildman–Crippen LogP) is 1.21. The number of rotatable bonds is 1. The molecule has 1 aromatic rings. The van der Waals surface area contributed by atoms with Gasteiger partial charge >= 0.3 is 7.12 Å². The van der Waals surface area contributed by atoms with Crippen molar-refractivity contribution >= 4 is 12.6 Å². The molecule has 1 aromatic carbocycles. The van der Waals surface area contributed by atoms with Crippen molar-refractivity contribution in [2.45, 2.75) is 26.1 Å². The van der Waals surface area contributed by atoms with Crippen LogP contribution in [0.2, 0.25) is 0 Å². The zero-order valence-corrected chi connectivity index (χ0v) is 7.94. The van der Waals surface area contributed by atoms with Crippen molar-refractivity contribution in [3.05, 3.63) is 30.3 Å². The summed E-state index contributed by atoms with van der Waals surface area (Å²) in [4.78, 5) is 0. The minimum absolute atomic E-state index is 0.175. The Labute approximate surface area is 79.0 Å². The van der Waals surface area contributed by atoms with E-state index in [2.05, 4.69) is 0 Å². The number of hydrogen-bond acceptors (Lipinski definition) is 2. The van der Waals surface area contributed by atoms with E-state index in [0.29, 0.717) is 0 Å². The summed E-state index contributed by atoms with van der Waals surface area (Å²) in [6.45, 7) is 4.07. The van der Waals surface area contributed by atoms with Crippen molar-refractivity contribution in [3.8, 4) is 0 Å². The minimum Gasteiger partial charge on any atom is -0.402 e. The Hall–Kier alpha value is -0.795. The Morgan fingerprint density at radius 3 is 2.08 bits per heavy atom. The van der Waals surface area contributed by atoms with Crippen molar-refractivity contribution in [2.24, 2.45) is 0 Å². The van der Waals surface area contributed by atoms with Crippen molar-refractivity contribution in [2.75, 3.05) is 0 Å². The second-order valence-corrected chi connectivity index (χ2v) is 3.43. The summed E-state index contributed by atoms with van der Waals surface area (Å²) in [5.74, 6) is 0. The molecule has 1 aliphatic heterocycles. The van der Waals surface area contributed by atoms with Crippen LogP contribution in [0.5, 0.6) is 0 Å². The van der Waals surface area contributed by atoms with Crippen LogP contribution in [0, 0.1) is 0 Å². The van der Waals surface area contributed by atoms with Gasteiger partial charge in [-0.15, -0.1) is 0 Å². The van der Waals surface area contributed by atoms with Gasteiger partial charge in [0.1, 0.15) is 0 Å². The van der Waals surface area contributed by atoms with E-state index in [9.17, 15) is 0 Å². The van der Waals surface area contributed by atoms with Crippen molar-refractivity contribution in [3.63, 3.8) is 0 Å². The van der Waals surface area contributed by atoms with Gasteiger partial charge in [0.25, 0.3) is 0 Å². The van der Waals surface area contributed by atoms with Gasteiger partial charge in [0.05, 0.1) is 12.2 Å². The topological polar surface area (TPSA) is 18.5 Å². The molecule has 13 heavy (non-hydrogen) atoms. The molecule has 0 amide bonds. The molecule has 1 heterocycles. The molecule has 0 spiro atoms. The Morgan fingerprint density at radius 2 is 1.54 bits per heavy atom. The maximum atomic E-state index is 5.64. The van der Waals surface area contributed by atoms with Gasteiger partial charge in [-0.25, -0.2) is 0 Å². The quantitative estimate of drug-likeness (QED) is 0.598. The van der Waals surface area contributed by atoms with Crippen LogP contribution in [-0.2, 0) is 9.31 Å². The first-order valence-corrected chi connectivity index (χ1v) is 4.63. The fourth-order valence-corrected chi connectivity index (χ4v) is 1.41. The standard InChI is InChI=1S/C10H13BO2/c1-8-9(2)13-11(12-8)10-6-4-3-5-7-10/h3-9H,1-2H3. The maximum absolute atomic E-state index is 5.64. The predicted molar refractivity (Wildman–Crippen MR) is 52.9 cm³/mol. The second kappa shape index (κ2) is 3.52. The molecular formula is C10H13BO2. The van der Waals surface area contributed by atoms with Gasteiger partial charge in [0.15, 0.2) is 0 Å². The largest absolute Gasteiger partial charge is 0.494 e. The van der Waals surface area contributed by atoms with Crippen molar-refractivity contribution in [1.82, 2.24) is 0 Å². The first-order chi connectivity index (χ1) is 6.27. The molecule has 1 aliphatic rings. The van der Waals surface area contributed by atoms with E-state index in [1.54, 1.807) is 0 Å². The van der Waals surface area contributed by atoms with Crippen LogP contribution < -0.4 is 5.46 Å². The molecule has 0 radical (unpaired) electrons. The Morgan fingerprint density at radius 1 is 1.00 bits per heavy atom. The molecule has 0 aliphatic carbocycles. The average molecular weight is 176 g/mol. The number of benzene rings is 1. The SMILES string of the molecule is CC1OB(c2ccccc2)OC1C. The molecule has 2 nitrogen and oxygen atoms in total. The lowest BCUT2D eigenvalue weighted by molar-refractivity contribution is 0.187. The Bertz CT molecular complexity index is 266. The summed E-state index contributed by atoms with van der Waals surface area (Å²) in [7, 11) is -0.175. The van der Waals surface area contributed by atoms with Gasteiger partial charge in [-0.3, -0.25) is 0 Å². The normalized spacial score (nSPS) is 28.0. The molecule has 3 heteroatoms. The summed E-state index contributed by atoms with van der Waals surface area (Å²) < 4.78 is 11.3.